The van der Waals surface area contributed by atoms with Crippen LogP contribution in [0.15, 0.2) is 22.7 Å². The van der Waals surface area contributed by atoms with Gasteiger partial charge in [-0.2, -0.15) is 0 Å². The van der Waals surface area contributed by atoms with Gasteiger partial charge in [0.15, 0.2) is 0 Å². The fourth-order valence-electron chi connectivity index (χ4n) is 1.47. The largest absolute Gasteiger partial charge is 0.490 e. The number of rotatable bonds is 6. The van der Waals surface area contributed by atoms with Crippen LogP contribution in [0.25, 0.3) is 0 Å². The minimum atomic E-state index is 0.180. The van der Waals surface area contributed by atoms with Crippen molar-refractivity contribution >= 4 is 15.9 Å². The predicted octanol–water partition coefficient (Wildman–Crippen LogP) is 4.51. The molecule has 0 bridgehead atoms. The average molecular weight is 314 g/mol. The second kappa shape index (κ2) is 6.58. The molecule has 0 saturated carbocycles. The minimum Gasteiger partial charge on any atom is -0.490 e. The van der Waals surface area contributed by atoms with E-state index in [1.165, 1.54) is 5.56 Å². The van der Waals surface area contributed by atoms with Gasteiger partial charge in [0.2, 0.25) is 0 Å². The Morgan fingerprint density at radius 2 is 2.00 bits per heavy atom. The standard InChI is InChI=1S/C15H24BrNO/c1-6-15(4,5)17-10-12-7-8-14(13(16)9-12)18-11(2)3/h7-9,11,17H,6,10H2,1-5H3. The molecule has 1 aromatic carbocycles. The van der Waals surface area contributed by atoms with Gasteiger partial charge < -0.3 is 10.1 Å². The Balaban J connectivity index is 2.67. The zero-order valence-electron chi connectivity index (χ0n) is 12.0. The quantitative estimate of drug-likeness (QED) is 0.834. The van der Waals surface area contributed by atoms with E-state index >= 15 is 0 Å². The molecule has 0 fully saturated rings. The highest BCUT2D eigenvalue weighted by atomic mass is 79.9. The Labute approximate surface area is 119 Å². The van der Waals surface area contributed by atoms with Gasteiger partial charge >= 0.3 is 0 Å². The van der Waals surface area contributed by atoms with Gasteiger partial charge in [-0.05, 0) is 67.7 Å². The molecule has 0 aliphatic rings. The molecule has 0 aliphatic heterocycles. The van der Waals surface area contributed by atoms with Crippen molar-refractivity contribution in [2.75, 3.05) is 0 Å². The predicted molar refractivity (Wildman–Crippen MR) is 81.1 cm³/mol. The smallest absolute Gasteiger partial charge is 0.133 e. The molecule has 0 saturated heterocycles. The summed E-state index contributed by atoms with van der Waals surface area (Å²) in [5, 5.41) is 3.55. The number of nitrogens with one attached hydrogen (secondary N) is 1. The zero-order chi connectivity index (χ0) is 13.8. The molecular formula is C15H24BrNO. The van der Waals surface area contributed by atoms with Crippen LogP contribution in [0.4, 0.5) is 0 Å². The lowest BCUT2D eigenvalue weighted by Crippen LogP contribution is -2.37. The van der Waals surface area contributed by atoms with Crippen molar-refractivity contribution in [1.82, 2.24) is 5.32 Å². The summed E-state index contributed by atoms with van der Waals surface area (Å²) in [4.78, 5) is 0. The molecule has 1 rings (SSSR count). The fraction of sp³-hybridized carbons (Fsp3) is 0.600. The monoisotopic (exact) mass is 313 g/mol. The molecule has 0 spiro atoms. The Kier molecular flexibility index (Phi) is 5.67. The third-order valence-corrected chi connectivity index (χ3v) is 3.63. The van der Waals surface area contributed by atoms with Crippen LogP contribution in [0, 0.1) is 0 Å². The van der Waals surface area contributed by atoms with Gasteiger partial charge in [0.25, 0.3) is 0 Å². The molecule has 18 heavy (non-hydrogen) atoms. The molecule has 3 heteroatoms. The summed E-state index contributed by atoms with van der Waals surface area (Å²) in [5.41, 5.74) is 1.44. The summed E-state index contributed by atoms with van der Waals surface area (Å²) in [5.74, 6) is 0.906. The minimum absolute atomic E-state index is 0.180. The van der Waals surface area contributed by atoms with E-state index in [9.17, 15) is 0 Å². The lowest BCUT2D eigenvalue weighted by Gasteiger charge is -2.24. The van der Waals surface area contributed by atoms with Crippen LogP contribution in [0.5, 0.6) is 5.75 Å². The first-order valence-electron chi connectivity index (χ1n) is 6.54. The van der Waals surface area contributed by atoms with Crippen LogP contribution in [0.3, 0.4) is 0 Å². The number of benzene rings is 1. The van der Waals surface area contributed by atoms with E-state index in [4.69, 9.17) is 4.74 Å². The maximum atomic E-state index is 5.70. The van der Waals surface area contributed by atoms with E-state index in [1.807, 2.05) is 19.9 Å². The maximum Gasteiger partial charge on any atom is 0.133 e. The van der Waals surface area contributed by atoms with Gasteiger partial charge in [-0.3, -0.25) is 0 Å². The number of halogens is 1. The third-order valence-electron chi connectivity index (χ3n) is 3.01. The molecule has 0 aromatic heterocycles. The maximum absolute atomic E-state index is 5.70. The molecule has 0 radical (unpaired) electrons. The Bertz CT molecular complexity index is 388. The Morgan fingerprint density at radius 1 is 1.33 bits per heavy atom. The van der Waals surface area contributed by atoms with Gasteiger partial charge in [-0.1, -0.05) is 13.0 Å². The summed E-state index contributed by atoms with van der Waals surface area (Å²) < 4.78 is 6.72. The fourth-order valence-corrected chi connectivity index (χ4v) is 1.99. The van der Waals surface area contributed by atoms with Crippen LogP contribution in [-0.4, -0.2) is 11.6 Å². The van der Waals surface area contributed by atoms with E-state index in [0.29, 0.717) is 0 Å². The molecule has 0 aliphatic carbocycles. The summed E-state index contributed by atoms with van der Waals surface area (Å²) in [6, 6.07) is 6.26. The molecule has 0 amide bonds. The second-order valence-electron chi connectivity index (χ2n) is 5.52. The normalized spacial score (nSPS) is 11.9. The van der Waals surface area contributed by atoms with Crippen molar-refractivity contribution in [1.29, 1.82) is 0 Å². The van der Waals surface area contributed by atoms with Crippen LogP contribution < -0.4 is 10.1 Å². The van der Waals surface area contributed by atoms with Crippen molar-refractivity contribution < 1.29 is 4.74 Å². The molecule has 0 atom stereocenters. The van der Waals surface area contributed by atoms with Gasteiger partial charge in [0.1, 0.15) is 5.75 Å². The molecule has 1 aromatic rings. The van der Waals surface area contributed by atoms with Crippen molar-refractivity contribution in [3.8, 4) is 5.75 Å². The zero-order valence-corrected chi connectivity index (χ0v) is 13.6. The van der Waals surface area contributed by atoms with Crippen LogP contribution >= 0.6 is 15.9 Å². The van der Waals surface area contributed by atoms with E-state index in [-0.39, 0.29) is 11.6 Å². The van der Waals surface area contributed by atoms with E-state index in [0.717, 1.165) is 23.2 Å². The number of ether oxygens (including phenoxy) is 1. The highest BCUT2D eigenvalue weighted by Crippen LogP contribution is 2.27. The van der Waals surface area contributed by atoms with Gasteiger partial charge in [-0.15, -0.1) is 0 Å². The van der Waals surface area contributed by atoms with Crippen molar-refractivity contribution in [3.05, 3.63) is 28.2 Å². The summed E-state index contributed by atoms with van der Waals surface area (Å²) >= 11 is 3.56. The summed E-state index contributed by atoms with van der Waals surface area (Å²) in [6.07, 6.45) is 1.31. The van der Waals surface area contributed by atoms with Gasteiger partial charge in [0.05, 0.1) is 10.6 Å². The Hall–Kier alpha value is -0.540. The highest BCUT2D eigenvalue weighted by Gasteiger charge is 2.13. The van der Waals surface area contributed by atoms with E-state index < -0.39 is 0 Å². The lowest BCUT2D eigenvalue weighted by atomic mass is 10.0. The van der Waals surface area contributed by atoms with Gasteiger partial charge in [0, 0.05) is 12.1 Å². The van der Waals surface area contributed by atoms with Crippen molar-refractivity contribution in [2.24, 2.45) is 0 Å². The van der Waals surface area contributed by atoms with E-state index in [1.54, 1.807) is 0 Å². The van der Waals surface area contributed by atoms with Crippen molar-refractivity contribution in [2.45, 2.75) is 59.2 Å². The Morgan fingerprint density at radius 3 is 2.50 bits per heavy atom. The van der Waals surface area contributed by atoms with Crippen LogP contribution in [-0.2, 0) is 6.54 Å². The van der Waals surface area contributed by atoms with E-state index in [2.05, 4.69) is 54.2 Å². The van der Waals surface area contributed by atoms with Crippen LogP contribution in [0.2, 0.25) is 0 Å². The summed E-state index contributed by atoms with van der Waals surface area (Å²) in [7, 11) is 0. The molecule has 102 valence electrons. The number of hydrogen-bond acceptors (Lipinski definition) is 2. The van der Waals surface area contributed by atoms with Crippen molar-refractivity contribution in [3.63, 3.8) is 0 Å². The van der Waals surface area contributed by atoms with Crippen LogP contribution in [0.1, 0.15) is 46.6 Å². The second-order valence-corrected chi connectivity index (χ2v) is 6.38. The first-order valence-corrected chi connectivity index (χ1v) is 7.33. The third kappa shape index (κ3) is 4.99. The highest BCUT2D eigenvalue weighted by molar-refractivity contribution is 9.10. The molecule has 0 heterocycles. The molecule has 0 unspecified atom stereocenters. The summed E-state index contributed by atoms with van der Waals surface area (Å²) in [6.45, 7) is 11.6. The molecule has 1 N–H and O–H groups in total. The topological polar surface area (TPSA) is 21.3 Å². The molecule has 2 nitrogen and oxygen atoms in total. The SMILES string of the molecule is CCC(C)(C)NCc1ccc(OC(C)C)c(Br)c1. The lowest BCUT2D eigenvalue weighted by molar-refractivity contribution is 0.240. The first-order chi connectivity index (χ1) is 8.34. The molecular weight excluding hydrogens is 290 g/mol. The first kappa shape index (κ1) is 15.5. The van der Waals surface area contributed by atoms with Gasteiger partial charge in [-0.25, -0.2) is 0 Å². The number of hydrogen-bond donors (Lipinski definition) is 1. The average Bonchev–Trinajstić information content (AvgIpc) is 2.29.